The lowest BCUT2D eigenvalue weighted by Gasteiger charge is -2.32. The molecule has 30 heavy (non-hydrogen) atoms. The monoisotopic (exact) mass is 400 g/mol. The van der Waals surface area contributed by atoms with Gasteiger partial charge in [0.2, 0.25) is 5.91 Å². The van der Waals surface area contributed by atoms with E-state index in [0.29, 0.717) is 13.1 Å². The summed E-state index contributed by atoms with van der Waals surface area (Å²) < 4.78 is 0. The lowest BCUT2D eigenvalue weighted by Crippen LogP contribution is -2.43. The molecule has 2 aromatic carbocycles. The van der Waals surface area contributed by atoms with Gasteiger partial charge in [0, 0.05) is 25.2 Å². The van der Waals surface area contributed by atoms with Gasteiger partial charge < -0.3 is 10.2 Å². The van der Waals surface area contributed by atoms with Gasteiger partial charge in [-0.2, -0.15) is 0 Å². The molecule has 1 saturated heterocycles. The number of carbonyl (C=O) groups excluding carboxylic acids is 1. The summed E-state index contributed by atoms with van der Waals surface area (Å²) in [7, 11) is 0. The fourth-order valence-electron chi connectivity index (χ4n) is 4.01. The van der Waals surface area contributed by atoms with Gasteiger partial charge >= 0.3 is 0 Å². The molecule has 5 heteroatoms. The number of hydrogen-bond acceptors (Lipinski definition) is 4. The molecule has 1 atom stereocenters. The predicted molar refractivity (Wildman–Crippen MR) is 120 cm³/mol. The van der Waals surface area contributed by atoms with E-state index in [9.17, 15) is 4.79 Å². The van der Waals surface area contributed by atoms with Gasteiger partial charge in [-0.05, 0) is 50.5 Å². The molecule has 1 aliphatic heterocycles. The lowest BCUT2D eigenvalue weighted by atomic mass is 9.97. The first kappa shape index (κ1) is 20.1. The number of aryl methyl sites for hydroxylation is 2. The molecule has 1 amide bonds. The van der Waals surface area contributed by atoms with Crippen LogP contribution in [0.1, 0.15) is 29.5 Å². The molecule has 1 unspecified atom stereocenters. The molecule has 1 aliphatic rings. The summed E-state index contributed by atoms with van der Waals surface area (Å²) in [5.74, 6) is 0.926. The normalized spacial score (nSPS) is 16.3. The van der Waals surface area contributed by atoms with Gasteiger partial charge in [-0.25, -0.2) is 0 Å². The Balaban J connectivity index is 1.38. The molecular formula is C25H28N4O. The Labute approximate surface area is 178 Å². The molecule has 154 valence electrons. The maximum atomic E-state index is 12.7. The van der Waals surface area contributed by atoms with Crippen LogP contribution < -0.4 is 10.2 Å². The fraction of sp³-hybridized carbons (Fsp3) is 0.320. The highest BCUT2D eigenvalue weighted by Gasteiger charge is 2.26. The van der Waals surface area contributed by atoms with E-state index in [0.717, 1.165) is 42.0 Å². The number of benzene rings is 2. The second kappa shape index (κ2) is 9.08. The van der Waals surface area contributed by atoms with Crippen LogP contribution in [0.5, 0.6) is 0 Å². The van der Waals surface area contributed by atoms with Crippen LogP contribution in [0.3, 0.4) is 0 Å². The van der Waals surface area contributed by atoms with Crippen LogP contribution in [0, 0.1) is 19.8 Å². The zero-order valence-corrected chi connectivity index (χ0v) is 17.6. The standard InChI is InChI=1S/C25H28N4O/c1-18-6-3-8-20(14-18)16-26-25(30)22-10-5-13-29(17-22)24-12-11-23(27-28-24)21-9-4-7-19(2)15-21/h3-4,6-9,11-12,14-15,22H,5,10,13,16-17H2,1-2H3,(H,26,30). The number of carbonyl (C=O) groups is 1. The number of rotatable bonds is 5. The summed E-state index contributed by atoms with van der Waals surface area (Å²) in [5, 5.41) is 12.0. The van der Waals surface area contributed by atoms with Crippen LogP contribution in [-0.2, 0) is 11.3 Å². The number of piperidine rings is 1. The third-order valence-corrected chi connectivity index (χ3v) is 5.63. The first-order valence-electron chi connectivity index (χ1n) is 10.6. The Morgan fingerprint density at radius 3 is 2.57 bits per heavy atom. The number of nitrogens with one attached hydrogen (secondary N) is 1. The molecule has 0 saturated carbocycles. The van der Waals surface area contributed by atoms with Crippen molar-refractivity contribution in [3.63, 3.8) is 0 Å². The topological polar surface area (TPSA) is 58.1 Å². The maximum absolute atomic E-state index is 12.7. The van der Waals surface area contributed by atoms with Gasteiger partial charge in [0.15, 0.2) is 5.82 Å². The highest BCUT2D eigenvalue weighted by atomic mass is 16.1. The molecule has 4 rings (SSSR count). The smallest absolute Gasteiger partial charge is 0.225 e. The van der Waals surface area contributed by atoms with E-state index in [1.165, 1.54) is 11.1 Å². The van der Waals surface area contributed by atoms with E-state index < -0.39 is 0 Å². The largest absolute Gasteiger partial charge is 0.354 e. The molecule has 1 fully saturated rings. The second-order valence-corrected chi connectivity index (χ2v) is 8.14. The molecule has 0 radical (unpaired) electrons. The highest BCUT2D eigenvalue weighted by molar-refractivity contribution is 5.79. The molecule has 0 aliphatic carbocycles. The van der Waals surface area contributed by atoms with Crippen molar-refractivity contribution >= 4 is 11.7 Å². The average Bonchev–Trinajstić information content (AvgIpc) is 2.78. The molecule has 2 heterocycles. The molecule has 3 aromatic rings. The van der Waals surface area contributed by atoms with Crippen LogP contribution in [0.2, 0.25) is 0 Å². The van der Waals surface area contributed by atoms with E-state index in [-0.39, 0.29) is 11.8 Å². The van der Waals surface area contributed by atoms with Gasteiger partial charge in [-0.1, -0.05) is 53.6 Å². The van der Waals surface area contributed by atoms with Crippen LogP contribution >= 0.6 is 0 Å². The Kier molecular flexibility index (Phi) is 6.07. The summed E-state index contributed by atoms with van der Waals surface area (Å²) in [6, 6.07) is 20.5. The SMILES string of the molecule is Cc1cccc(CNC(=O)C2CCCN(c3ccc(-c4cccc(C)c4)nn3)C2)c1. The van der Waals surface area contributed by atoms with Gasteiger partial charge in [0.05, 0.1) is 11.6 Å². The number of aromatic nitrogens is 2. The summed E-state index contributed by atoms with van der Waals surface area (Å²) >= 11 is 0. The summed E-state index contributed by atoms with van der Waals surface area (Å²) in [6.45, 7) is 6.29. The molecule has 0 spiro atoms. The van der Waals surface area contributed by atoms with Gasteiger partial charge in [-0.15, -0.1) is 10.2 Å². The molecule has 1 N–H and O–H groups in total. The Morgan fingerprint density at radius 2 is 1.83 bits per heavy atom. The lowest BCUT2D eigenvalue weighted by molar-refractivity contribution is -0.125. The summed E-state index contributed by atoms with van der Waals surface area (Å²) in [5.41, 5.74) is 5.48. The number of anilines is 1. The quantitative estimate of drug-likeness (QED) is 0.694. The summed E-state index contributed by atoms with van der Waals surface area (Å²) in [6.07, 6.45) is 1.88. The van der Waals surface area contributed by atoms with Crippen molar-refractivity contribution in [2.24, 2.45) is 5.92 Å². The van der Waals surface area contributed by atoms with Crippen molar-refractivity contribution in [1.29, 1.82) is 0 Å². The van der Waals surface area contributed by atoms with Crippen molar-refractivity contribution < 1.29 is 4.79 Å². The molecule has 5 nitrogen and oxygen atoms in total. The minimum atomic E-state index is -0.0261. The van der Waals surface area contributed by atoms with Crippen LogP contribution in [-0.4, -0.2) is 29.2 Å². The summed E-state index contributed by atoms with van der Waals surface area (Å²) in [4.78, 5) is 14.9. The van der Waals surface area contributed by atoms with Crippen molar-refractivity contribution in [2.75, 3.05) is 18.0 Å². The zero-order valence-electron chi connectivity index (χ0n) is 17.6. The predicted octanol–water partition coefficient (Wildman–Crippen LogP) is 4.29. The minimum Gasteiger partial charge on any atom is -0.354 e. The Bertz CT molecular complexity index is 1020. The minimum absolute atomic E-state index is 0.0261. The third kappa shape index (κ3) is 4.85. The van der Waals surface area contributed by atoms with E-state index in [1.807, 2.05) is 36.4 Å². The van der Waals surface area contributed by atoms with Crippen LogP contribution in [0.4, 0.5) is 5.82 Å². The van der Waals surface area contributed by atoms with Crippen molar-refractivity contribution in [2.45, 2.75) is 33.2 Å². The number of hydrogen-bond donors (Lipinski definition) is 1. The zero-order chi connectivity index (χ0) is 20.9. The maximum Gasteiger partial charge on any atom is 0.225 e. The van der Waals surface area contributed by atoms with Crippen molar-refractivity contribution in [3.05, 3.63) is 77.4 Å². The Morgan fingerprint density at radius 1 is 1.03 bits per heavy atom. The number of amides is 1. The Hall–Kier alpha value is -3.21. The van der Waals surface area contributed by atoms with E-state index in [2.05, 4.69) is 58.5 Å². The second-order valence-electron chi connectivity index (χ2n) is 8.14. The highest BCUT2D eigenvalue weighted by Crippen LogP contribution is 2.24. The molecular weight excluding hydrogens is 372 g/mol. The van der Waals surface area contributed by atoms with E-state index in [4.69, 9.17) is 0 Å². The fourth-order valence-corrected chi connectivity index (χ4v) is 4.01. The van der Waals surface area contributed by atoms with Gasteiger partial charge in [0.1, 0.15) is 0 Å². The number of nitrogens with zero attached hydrogens (tertiary/aromatic N) is 3. The first-order valence-corrected chi connectivity index (χ1v) is 10.6. The van der Waals surface area contributed by atoms with Crippen LogP contribution in [0.15, 0.2) is 60.7 Å². The van der Waals surface area contributed by atoms with Crippen molar-refractivity contribution in [3.8, 4) is 11.3 Å². The first-order chi connectivity index (χ1) is 14.6. The molecule has 1 aromatic heterocycles. The van der Waals surface area contributed by atoms with Gasteiger partial charge in [0.25, 0.3) is 0 Å². The van der Waals surface area contributed by atoms with Crippen molar-refractivity contribution in [1.82, 2.24) is 15.5 Å². The van der Waals surface area contributed by atoms with Crippen LogP contribution in [0.25, 0.3) is 11.3 Å². The van der Waals surface area contributed by atoms with E-state index in [1.54, 1.807) is 0 Å². The van der Waals surface area contributed by atoms with E-state index >= 15 is 0 Å². The van der Waals surface area contributed by atoms with Gasteiger partial charge in [-0.3, -0.25) is 4.79 Å². The average molecular weight is 401 g/mol. The molecule has 0 bridgehead atoms. The third-order valence-electron chi connectivity index (χ3n) is 5.63.